The van der Waals surface area contributed by atoms with Crippen molar-refractivity contribution in [2.75, 3.05) is 5.32 Å². The Bertz CT molecular complexity index is 620. The summed E-state index contributed by atoms with van der Waals surface area (Å²) < 4.78 is 1.31. The van der Waals surface area contributed by atoms with Crippen LogP contribution in [0.4, 0.5) is 5.82 Å². The van der Waals surface area contributed by atoms with Crippen molar-refractivity contribution in [2.24, 2.45) is 0 Å². The summed E-state index contributed by atoms with van der Waals surface area (Å²) in [4.78, 5) is 15.4. The van der Waals surface area contributed by atoms with Gasteiger partial charge in [-0.25, -0.2) is 19.3 Å². The summed E-state index contributed by atoms with van der Waals surface area (Å²) >= 11 is 0. The molecule has 0 amide bonds. The molecular weight excluding hydrogens is 234 g/mol. The molecule has 0 spiro atoms. The number of fused-ring (bicyclic) bond motifs is 1. The van der Waals surface area contributed by atoms with E-state index in [9.17, 15) is 9.90 Å². The Kier molecular flexibility index (Phi) is 2.66. The SMILES string of the molecule is CC(C)(O)C(C)(C)Nc1cc2n[nH]c(=O)n2cn1. The smallest absolute Gasteiger partial charge is 0.348 e. The fraction of sp³-hybridized carbons (Fsp3) is 0.545. The summed E-state index contributed by atoms with van der Waals surface area (Å²) in [6, 6.07) is 1.64. The highest BCUT2D eigenvalue weighted by Crippen LogP contribution is 2.24. The van der Waals surface area contributed by atoms with E-state index in [1.807, 2.05) is 13.8 Å². The maximum Gasteiger partial charge on any atom is 0.348 e. The Morgan fingerprint density at radius 3 is 2.67 bits per heavy atom. The number of nitrogens with one attached hydrogen (secondary N) is 2. The van der Waals surface area contributed by atoms with E-state index in [4.69, 9.17) is 0 Å². The topological polar surface area (TPSA) is 95.3 Å². The van der Waals surface area contributed by atoms with Gasteiger partial charge in [0.1, 0.15) is 12.1 Å². The molecule has 0 atom stereocenters. The molecule has 0 bridgehead atoms. The Hall–Kier alpha value is -1.89. The van der Waals surface area contributed by atoms with Crippen LogP contribution < -0.4 is 11.0 Å². The van der Waals surface area contributed by atoms with E-state index in [0.717, 1.165) is 0 Å². The molecule has 2 heterocycles. The Labute approximate surface area is 104 Å². The molecule has 0 aliphatic rings. The zero-order chi connectivity index (χ0) is 13.6. The third-order valence-corrected chi connectivity index (χ3v) is 3.28. The van der Waals surface area contributed by atoms with E-state index >= 15 is 0 Å². The third-order valence-electron chi connectivity index (χ3n) is 3.28. The lowest BCUT2D eigenvalue weighted by molar-refractivity contribution is 0.0239. The van der Waals surface area contributed by atoms with E-state index in [2.05, 4.69) is 20.5 Å². The number of aromatic nitrogens is 4. The Morgan fingerprint density at radius 2 is 2.06 bits per heavy atom. The lowest BCUT2D eigenvalue weighted by Gasteiger charge is -2.38. The van der Waals surface area contributed by atoms with Crippen molar-refractivity contribution in [3.63, 3.8) is 0 Å². The van der Waals surface area contributed by atoms with Crippen molar-refractivity contribution in [3.05, 3.63) is 22.9 Å². The number of rotatable bonds is 3. The van der Waals surface area contributed by atoms with Gasteiger partial charge in [-0.15, -0.1) is 0 Å². The van der Waals surface area contributed by atoms with Crippen LogP contribution in [-0.4, -0.2) is 35.8 Å². The van der Waals surface area contributed by atoms with Gasteiger partial charge in [-0.3, -0.25) is 0 Å². The van der Waals surface area contributed by atoms with Crippen LogP contribution in [0.3, 0.4) is 0 Å². The molecule has 0 unspecified atom stereocenters. The Morgan fingerprint density at radius 1 is 1.39 bits per heavy atom. The average molecular weight is 251 g/mol. The van der Waals surface area contributed by atoms with Crippen molar-refractivity contribution in [3.8, 4) is 0 Å². The van der Waals surface area contributed by atoms with Gasteiger partial charge in [0.05, 0.1) is 11.1 Å². The molecule has 2 rings (SSSR count). The molecule has 7 nitrogen and oxygen atoms in total. The van der Waals surface area contributed by atoms with E-state index in [1.54, 1.807) is 19.9 Å². The van der Waals surface area contributed by atoms with Gasteiger partial charge in [0, 0.05) is 6.07 Å². The first-order valence-electron chi connectivity index (χ1n) is 5.64. The van der Waals surface area contributed by atoms with Gasteiger partial charge in [0.25, 0.3) is 0 Å². The largest absolute Gasteiger partial charge is 0.388 e. The van der Waals surface area contributed by atoms with Crippen LogP contribution in [0.15, 0.2) is 17.2 Å². The summed E-state index contributed by atoms with van der Waals surface area (Å²) in [6.07, 6.45) is 1.39. The highest BCUT2D eigenvalue weighted by molar-refractivity contribution is 5.49. The molecule has 0 saturated carbocycles. The van der Waals surface area contributed by atoms with Gasteiger partial charge in [-0.2, -0.15) is 5.10 Å². The van der Waals surface area contributed by atoms with E-state index in [-0.39, 0.29) is 5.69 Å². The van der Waals surface area contributed by atoms with Crippen molar-refractivity contribution < 1.29 is 5.11 Å². The molecule has 2 aromatic heterocycles. The van der Waals surface area contributed by atoms with Crippen LogP contribution in [0.25, 0.3) is 5.65 Å². The van der Waals surface area contributed by atoms with Crippen molar-refractivity contribution in [2.45, 2.75) is 38.8 Å². The average Bonchev–Trinajstić information content (AvgIpc) is 2.58. The van der Waals surface area contributed by atoms with Crippen LogP contribution in [-0.2, 0) is 0 Å². The summed E-state index contributed by atoms with van der Waals surface area (Å²) in [5, 5.41) is 19.4. The summed E-state index contributed by atoms with van der Waals surface area (Å²) in [5.41, 5.74) is -1.35. The summed E-state index contributed by atoms with van der Waals surface area (Å²) in [5.74, 6) is 0.550. The minimum Gasteiger partial charge on any atom is -0.388 e. The highest BCUT2D eigenvalue weighted by atomic mass is 16.3. The molecule has 2 aromatic rings. The lowest BCUT2D eigenvalue weighted by atomic mass is 9.86. The number of nitrogens with zero attached hydrogens (tertiary/aromatic N) is 3. The molecule has 98 valence electrons. The number of aromatic amines is 1. The number of hydrogen-bond acceptors (Lipinski definition) is 5. The zero-order valence-electron chi connectivity index (χ0n) is 10.9. The van der Waals surface area contributed by atoms with Gasteiger partial charge in [0.15, 0.2) is 5.65 Å². The van der Waals surface area contributed by atoms with Crippen molar-refractivity contribution in [1.82, 2.24) is 19.6 Å². The maximum absolute atomic E-state index is 11.3. The van der Waals surface area contributed by atoms with Gasteiger partial charge in [-0.05, 0) is 27.7 Å². The number of H-pyrrole nitrogens is 1. The molecule has 0 saturated heterocycles. The van der Waals surface area contributed by atoms with Crippen LogP contribution in [0.5, 0.6) is 0 Å². The molecule has 0 aliphatic heterocycles. The number of aliphatic hydroxyl groups is 1. The fourth-order valence-electron chi connectivity index (χ4n) is 1.35. The van der Waals surface area contributed by atoms with Crippen LogP contribution in [0.2, 0.25) is 0 Å². The first-order chi connectivity index (χ1) is 8.21. The fourth-order valence-corrected chi connectivity index (χ4v) is 1.35. The highest BCUT2D eigenvalue weighted by Gasteiger charge is 2.35. The maximum atomic E-state index is 11.3. The molecule has 0 aromatic carbocycles. The van der Waals surface area contributed by atoms with E-state index in [0.29, 0.717) is 11.5 Å². The molecule has 18 heavy (non-hydrogen) atoms. The second kappa shape index (κ2) is 3.81. The lowest BCUT2D eigenvalue weighted by Crippen LogP contribution is -2.51. The zero-order valence-corrected chi connectivity index (χ0v) is 10.9. The molecular formula is C11H17N5O2. The monoisotopic (exact) mass is 251 g/mol. The first-order valence-corrected chi connectivity index (χ1v) is 5.64. The van der Waals surface area contributed by atoms with Gasteiger partial charge in [0.2, 0.25) is 0 Å². The van der Waals surface area contributed by atoms with Crippen LogP contribution in [0, 0.1) is 0 Å². The second-order valence-electron chi connectivity index (χ2n) is 5.34. The summed E-state index contributed by atoms with van der Waals surface area (Å²) in [6.45, 7) is 7.18. The molecule has 7 heteroatoms. The van der Waals surface area contributed by atoms with Crippen molar-refractivity contribution >= 4 is 11.5 Å². The minimum atomic E-state index is -0.925. The van der Waals surface area contributed by atoms with Gasteiger partial charge < -0.3 is 10.4 Å². The number of anilines is 1. The van der Waals surface area contributed by atoms with Crippen LogP contribution in [0.1, 0.15) is 27.7 Å². The van der Waals surface area contributed by atoms with Crippen LogP contribution >= 0.6 is 0 Å². The summed E-state index contributed by atoms with van der Waals surface area (Å²) in [7, 11) is 0. The molecule has 0 fully saturated rings. The van der Waals surface area contributed by atoms with Gasteiger partial charge in [-0.1, -0.05) is 0 Å². The van der Waals surface area contributed by atoms with E-state index in [1.165, 1.54) is 10.7 Å². The normalized spacial score (nSPS) is 12.9. The standard InChI is InChI=1S/C11H17N5O2/c1-10(2,11(3,4)18)13-7-5-8-14-15-9(17)16(8)6-12-7/h5-6,13,18H,1-4H3,(H,15,17). The Balaban J connectivity index is 2.36. The van der Waals surface area contributed by atoms with E-state index < -0.39 is 11.1 Å². The molecule has 3 N–H and O–H groups in total. The predicted molar refractivity (Wildman–Crippen MR) is 67.6 cm³/mol. The minimum absolute atomic E-state index is 0.328. The number of hydrogen-bond donors (Lipinski definition) is 3. The van der Waals surface area contributed by atoms with Crippen molar-refractivity contribution in [1.29, 1.82) is 0 Å². The quantitative estimate of drug-likeness (QED) is 0.733. The molecule has 0 radical (unpaired) electrons. The second-order valence-corrected chi connectivity index (χ2v) is 5.34. The van der Waals surface area contributed by atoms with Gasteiger partial charge >= 0.3 is 5.69 Å². The first kappa shape index (κ1) is 12.6. The molecule has 0 aliphatic carbocycles. The third kappa shape index (κ3) is 2.08. The predicted octanol–water partition coefficient (Wildman–Crippen LogP) is 0.379.